The number of nitrogens with zero attached hydrogens (tertiary/aromatic N) is 3. The number of H-pyrrole nitrogens is 1. The zero-order valence-corrected chi connectivity index (χ0v) is 22.2. The van der Waals surface area contributed by atoms with Crippen LogP contribution in [0.3, 0.4) is 0 Å². The third-order valence-electron chi connectivity index (χ3n) is 7.78. The van der Waals surface area contributed by atoms with Crippen LogP contribution >= 0.6 is 0 Å². The number of aromatic amines is 1. The van der Waals surface area contributed by atoms with E-state index in [0.717, 1.165) is 61.1 Å². The lowest BCUT2D eigenvalue weighted by Gasteiger charge is -2.43. The molecule has 2 atom stereocenters. The Labute approximate surface area is 218 Å². The topological polar surface area (TPSA) is 55.3 Å². The van der Waals surface area contributed by atoms with Gasteiger partial charge in [0.05, 0.1) is 17.5 Å². The second kappa shape index (κ2) is 10.1. The van der Waals surface area contributed by atoms with Gasteiger partial charge in [-0.3, -0.25) is 9.80 Å². The molecule has 1 N–H and O–H groups in total. The fourth-order valence-corrected chi connectivity index (χ4v) is 5.80. The molecule has 2 aliphatic rings. The summed E-state index contributed by atoms with van der Waals surface area (Å²) in [5.74, 6) is -1.02. The molecule has 1 saturated heterocycles. The Kier molecular flexibility index (Phi) is 6.99. The van der Waals surface area contributed by atoms with Gasteiger partial charge in [0.15, 0.2) is 0 Å². The molecule has 196 valence electrons. The second-order valence-electron chi connectivity index (χ2n) is 11.3. The lowest BCUT2D eigenvalue weighted by Crippen LogP contribution is -2.53. The summed E-state index contributed by atoms with van der Waals surface area (Å²) < 4.78 is 37.6. The van der Waals surface area contributed by atoms with E-state index in [1.165, 1.54) is 12.1 Å². The number of nitrogens with one attached hydrogen (secondary N) is 1. The fourth-order valence-electron chi connectivity index (χ4n) is 5.80. The molecule has 0 unspecified atom stereocenters. The minimum absolute atomic E-state index is 0.00127. The smallest absolute Gasteiger partial charge is 0.135 e. The molecular formula is C30H36F2N4O. The maximum Gasteiger partial charge on any atom is 0.135 e. The number of rotatable bonds is 8. The molecule has 0 saturated carbocycles. The Balaban J connectivity index is 1.51. The van der Waals surface area contributed by atoms with Gasteiger partial charge in [0.2, 0.25) is 0 Å². The van der Waals surface area contributed by atoms with Gasteiger partial charge in [-0.05, 0) is 51.8 Å². The van der Waals surface area contributed by atoms with Gasteiger partial charge in [-0.2, -0.15) is 5.26 Å². The summed E-state index contributed by atoms with van der Waals surface area (Å²) >= 11 is 0. The maximum atomic E-state index is 15.8. The lowest BCUT2D eigenvalue weighted by atomic mass is 9.85. The minimum atomic E-state index is -0.681. The van der Waals surface area contributed by atoms with Gasteiger partial charge in [-0.15, -0.1) is 0 Å². The number of aromatic nitrogens is 1. The number of nitriles is 1. The molecule has 0 spiro atoms. The average Bonchev–Trinajstić information content (AvgIpc) is 3.19. The number of halogens is 2. The van der Waals surface area contributed by atoms with Crippen LogP contribution in [0.1, 0.15) is 63.4 Å². The quantitative estimate of drug-likeness (QED) is 0.396. The number of likely N-dealkylation sites (tertiary alicyclic amines) is 1. The van der Waals surface area contributed by atoms with Crippen LogP contribution in [-0.2, 0) is 6.42 Å². The van der Waals surface area contributed by atoms with Crippen molar-refractivity contribution in [3.8, 4) is 11.8 Å². The van der Waals surface area contributed by atoms with E-state index in [-0.39, 0.29) is 23.5 Å². The van der Waals surface area contributed by atoms with Gasteiger partial charge >= 0.3 is 0 Å². The molecule has 3 heterocycles. The second-order valence-corrected chi connectivity index (χ2v) is 11.3. The van der Waals surface area contributed by atoms with Crippen molar-refractivity contribution in [1.82, 2.24) is 14.8 Å². The predicted molar refractivity (Wildman–Crippen MR) is 142 cm³/mol. The van der Waals surface area contributed by atoms with Crippen molar-refractivity contribution in [3.63, 3.8) is 0 Å². The number of hydrogen-bond acceptors (Lipinski definition) is 4. The molecule has 1 fully saturated rings. The highest BCUT2D eigenvalue weighted by molar-refractivity contribution is 5.85. The zero-order chi connectivity index (χ0) is 26.3. The molecule has 7 heteroatoms. The molecule has 0 radical (unpaired) electrons. The molecular weight excluding hydrogens is 470 g/mol. The maximum absolute atomic E-state index is 15.8. The van der Waals surface area contributed by atoms with Crippen LogP contribution in [0.5, 0.6) is 5.75 Å². The predicted octanol–water partition coefficient (Wildman–Crippen LogP) is 6.19. The number of unbranched alkanes of at least 4 members (excludes halogenated alkanes) is 1. The third kappa shape index (κ3) is 4.97. The Morgan fingerprint density at radius 2 is 1.86 bits per heavy atom. The van der Waals surface area contributed by atoms with Crippen molar-refractivity contribution >= 4 is 10.9 Å². The first kappa shape index (κ1) is 25.7. The Bertz CT molecular complexity index is 1300. The highest BCUT2D eigenvalue weighted by Crippen LogP contribution is 2.44. The highest BCUT2D eigenvalue weighted by atomic mass is 19.1. The van der Waals surface area contributed by atoms with Crippen molar-refractivity contribution < 1.29 is 13.5 Å². The number of fused-ring (bicyclic) bond motifs is 3. The van der Waals surface area contributed by atoms with Crippen LogP contribution in [0.2, 0.25) is 0 Å². The molecule has 37 heavy (non-hydrogen) atoms. The van der Waals surface area contributed by atoms with E-state index in [1.54, 1.807) is 0 Å². The standard InChI is InChI=1S/C30H36F2N4O/c1-5-6-11-35-15-21(16-35)37-20-13-24(31)27(25(32)14-20)29-28-23(22-9-7-8-10-26(22)34-28)12-19(2)36(29)18-30(3,4)17-33/h7-10,13-14,19,21,29,34H,5-6,11-12,15-16,18H2,1-4H3/t19-,29-/m1/s1. The van der Waals surface area contributed by atoms with Gasteiger partial charge < -0.3 is 9.72 Å². The third-order valence-corrected chi connectivity index (χ3v) is 7.78. The summed E-state index contributed by atoms with van der Waals surface area (Å²) in [7, 11) is 0. The summed E-state index contributed by atoms with van der Waals surface area (Å²) in [6, 6.07) is 12.3. The van der Waals surface area contributed by atoms with E-state index in [4.69, 9.17) is 4.74 Å². The molecule has 0 amide bonds. The van der Waals surface area contributed by atoms with Crippen molar-refractivity contribution in [2.75, 3.05) is 26.2 Å². The number of para-hydroxylation sites is 1. The first-order valence-corrected chi connectivity index (χ1v) is 13.3. The Hall–Kier alpha value is -2.95. The van der Waals surface area contributed by atoms with Crippen molar-refractivity contribution in [3.05, 3.63) is 64.9 Å². The number of ether oxygens (including phenoxy) is 1. The summed E-state index contributed by atoms with van der Waals surface area (Å²) in [6.45, 7) is 10.9. The number of benzene rings is 2. The average molecular weight is 507 g/mol. The molecule has 0 aliphatic carbocycles. The molecule has 2 aromatic carbocycles. The molecule has 2 aliphatic heterocycles. The number of hydrogen-bond donors (Lipinski definition) is 1. The van der Waals surface area contributed by atoms with E-state index in [2.05, 4.69) is 40.8 Å². The van der Waals surface area contributed by atoms with Crippen LogP contribution in [0.25, 0.3) is 10.9 Å². The summed E-state index contributed by atoms with van der Waals surface area (Å²) in [5, 5.41) is 10.8. The Morgan fingerprint density at radius 3 is 2.54 bits per heavy atom. The van der Waals surface area contributed by atoms with Crippen LogP contribution < -0.4 is 4.74 Å². The largest absolute Gasteiger partial charge is 0.488 e. The summed E-state index contributed by atoms with van der Waals surface area (Å²) in [6.07, 6.45) is 2.96. The van der Waals surface area contributed by atoms with Gasteiger partial charge in [-0.25, -0.2) is 8.78 Å². The van der Waals surface area contributed by atoms with E-state index in [9.17, 15) is 5.26 Å². The van der Waals surface area contributed by atoms with E-state index in [0.29, 0.717) is 6.54 Å². The fraction of sp³-hybridized carbons (Fsp3) is 0.500. The van der Waals surface area contributed by atoms with Crippen LogP contribution in [0.15, 0.2) is 36.4 Å². The van der Waals surface area contributed by atoms with Crippen molar-refractivity contribution in [2.45, 2.75) is 65.1 Å². The minimum Gasteiger partial charge on any atom is -0.488 e. The normalized spacial score (nSPS) is 21.0. The molecule has 3 aromatic rings. The van der Waals surface area contributed by atoms with Crippen molar-refractivity contribution in [1.29, 1.82) is 5.26 Å². The molecule has 1 aromatic heterocycles. The first-order chi connectivity index (χ1) is 17.7. The highest BCUT2D eigenvalue weighted by Gasteiger charge is 2.41. The summed E-state index contributed by atoms with van der Waals surface area (Å²) in [4.78, 5) is 7.83. The van der Waals surface area contributed by atoms with Crippen LogP contribution in [0.4, 0.5) is 8.78 Å². The Morgan fingerprint density at radius 1 is 1.16 bits per heavy atom. The molecule has 0 bridgehead atoms. The van der Waals surface area contributed by atoms with E-state index in [1.807, 2.05) is 32.0 Å². The van der Waals surface area contributed by atoms with Crippen LogP contribution in [0, 0.1) is 28.4 Å². The SMILES string of the molecule is CCCCN1CC(Oc2cc(F)c([C@@H]3c4[nH]c5ccccc5c4C[C@@H](C)N3CC(C)(C)C#N)c(F)c2)C1. The first-order valence-electron chi connectivity index (χ1n) is 13.3. The lowest BCUT2D eigenvalue weighted by molar-refractivity contribution is 0.0189. The van der Waals surface area contributed by atoms with Gasteiger partial charge in [-0.1, -0.05) is 31.5 Å². The monoisotopic (exact) mass is 506 g/mol. The van der Waals surface area contributed by atoms with Crippen LogP contribution in [-0.4, -0.2) is 53.1 Å². The molecule has 5 rings (SSSR count). The summed E-state index contributed by atoms with van der Waals surface area (Å²) in [5.41, 5.74) is 2.15. The van der Waals surface area contributed by atoms with Crippen molar-refractivity contribution in [2.24, 2.45) is 5.41 Å². The molecule has 5 nitrogen and oxygen atoms in total. The van der Waals surface area contributed by atoms with E-state index >= 15 is 8.78 Å². The zero-order valence-electron chi connectivity index (χ0n) is 22.2. The van der Waals surface area contributed by atoms with Gasteiger partial charge in [0, 0.05) is 60.0 Å². The van der Waals surface area contributed by atoms with E-state index < -0.39 is 23.1 Å². The van der Waals surface area contributed by atoms with Gasteiger partial charge in [0.25, 0.3) is 0 Å². The van der Waals surface area contributed by atoms with Gasteiger partial charge in [0.1, 0.15) is 23.5 Å².